The van der Waals surface area contributed by atoms with Crippen molar-refractivity contribution in [1.82, 2.24) is 10.3 Å². The number of pyridine rings is 1. The van der Waals surface area contributed by atoms with E-state index >= 15 is 0 Å². The van der Waals surface area contributed by atoms with Crippen LogP contribution in [0.15, 0.2) is 47.2 Å². The van der Waals surface area contributed by atoms with Crippen LogP contribution in [-0.2, 0) is 13.1 Å². The predicted molar refractivity (Wildman–Crippen MR) is 75.6 cm³/mol. The second kappa shape index (κ2) is 6.40. The summed E-state index contributed by atoms with van der Waals surface area (Å²) in [6.45, 7) is 1.07. The summed E-state index contributed by atoms with van der Waals surface area (Å²) in [5, 5.41) is 14.1. The topological polar surface area (TPSA) is 68.1 Å². The van der Waals surface area contributed by atoms with Crippen LogP contribution in [0.4, 0.5) is 5.69 Å². The summed E-state index contributed by atoms with van der Waals surface area (Å²) in [4.78, 5) is 14.6. The average Bonchev–Trinajstić information content (AvgIpc) is 2.41. The van der Waals surface area contributed by atoms with Crippen LogP contribution in [0.3, 0.4) is 0 Å². The van der Waals surface area contributed by atoms with Crippen molar-refractivity contribution in [3.05, 3.63) is 68.4 Å². The van der Waals surface area contributed by atoms with E-state index in [0.717, 1.165) is 5.56 Å². The van der Waals surface area contributed by atoms with E-state index in [1.54, 1.807) is 24.5 Å². The van der Waals surface area contributed by atoms with Crippen LogP contribution in [0.2, 0.25) is 0 Å². The normalized spacial score (nSPS) is 10.4. The molecule has 1 heterocycles. The summed E-state index contributed by atoms with van der Waals surface area (Å²) in [5.74, 6) is 0. The number of nitrogens with zero attached hydrogens (tertiary/aromatic N) is 2. The number of rotatable bonds is 5. The van der Waals surface area contributed by atoms with Gasteiger partial charge in [-0.05, 0) is 23.8 Å². The molecule has 1 N–H and O–H groups in total. The molecule has 0 saturated heterocycles. The molecule has 6 heteroatoms. The molecule has 2 aromatic rings. The van der Waals surface area contributed by atoms with Gasteiger partial charge in [0.05, 0.1) is 4.92 Å². The van der Waals surface area contributed by atoms with E-state index in [0.29, 0.717) is 23.1 Å². The highest BCUT2D eigenvalue weighted by Gasteiger charge is 2.13. The highest BCUT2D eigenvalue weighted by atomic mass is 79.9. The lowest BCUT2D eigenvalue weighted by molar-refractivity contribution is -0.385. The first-order valence-electron chi connectivity index (χ1n) is 5.69. The molecule has 0 aliphatic rings. The first-order valence-corrected chi connectivity index (χ1v) is 6.48. The molecule has 0 amide bonds. The van der Waals surface area contributed by atoms with Crippen molar-refractivity contribution in [1.29, 1.82) is 0 Å². The maximum Gasteiger partial charge on any atom is 0.275 e. The summed E-state index contributed by atoms with van der Waals surface area (Å²) >= 11 is 3.24. The van der Waals surface area contributed by atoms with Gasteiger partial charge in [-0.3, -0.25) is 15.1 Å². The standard InChI is InChI=1S/C13H12BrN3O2/c14-12-4-3-11(13(6-12)17(18)19)9-16-8-10-2-1-5-15-7-10/h1-7,16H,8-9H2. The van der Waals surface area contributed by atoms with Gasteiger partial charge >= 0.3 is 0 Å². The number of benzene rings is 1. The third-order valence-corrected chi connectivity index (χ3v) is 3.10. The Hall–Kier alpha value is -1.79. The second-order valence-electron chi connectivity index (χ2n) is 3.99. The van der Waals surface area contributed by atoms with Crippen LogP contribution in [0.5, 0.6) is 0 Å². The molecule has 0 aliphatic heterocycles. The number of hydrogen-bond donors (Lipinski definition) is 1. The van der Waals surface area contributed by atoms with Crippen molar-refractivity contribution in [3.63, 3.8) is 0 Å². The Labute approximate surface area is 119 Å². The fourth-order valence-corrected chi connectivity index (χ4v) is 2.05. The van der Waals surface area contributed by atoms with E-state index in [-0.39, 0.29) is 10.6 Å². The van der Waals surface area contributed by atoms with Crippen LogP contribution in [0.25, 0.3) is 0 Å². The van der Waals surface area contributed by atoms with Gasteiger partial charge in [-0.2, -0.15) is 0 Å². The molecule has 0 saturated carbocycles. The Balaban J connectivity index is 2.02. The van der Waals surface area contributed by atoms with Crippen molar-refractivity contribution < 1.29 is 4.92 Å². The summed E-state index contributed by atoms with van der Waals surface area (Å²) in [6.07, 6.45) is 3.48. The van der Waals surface area contributed by atoms with Crippen molar-refractivity contribution in [3.8, 4) is 0 Å². The van der Waals surface area contributed by atoms with Crippen molar-refractivity contribution >= 4 is 21.6 Å². The molecular weight excluding hydrogens is 310 g/mol. The zero-order chi connectivity index (χ0) is 13.7. The lowest BCUT2D eigenvalue weighted by Gasteiger charge is -2.06. The molecule has 0 fully saturated rings. The molecule has 98 valence electrons. The maximum atomic E-state index is 11.0. The minimum absolute atomic E-state index is 0.119. The summed E-state index contributed by atoms with van der Waals surface area (Å²) in [5.41, 5.74) is 1.83. The van der Waals surface area contributed by atoms with Gasteiger partial charge in [0, 0.05) is 41.6 Å². The molecule has 0 aliphatic carbocycles. The highest BCUT2D eigenvalue weighted by Crippen LogP contribution is 2.23. The van der Waals surface area contributed by atoms with Gasteiger partial charge in [-0.15, -0.1) is 0 Å². The number of aromatic nitrogens is 1. The van der Waals surface area contributed by atoms with Gasteiger partial charge in [0.1, 0.15) is 0 Å². The third-order valence-electron chi connectivity index (χ3n) is 2.61. The largest absolute Gasteiger partial charge is 0.308 e. The van der Waals surface area contributed by atoms with Gasteiger partial charge in [-0.1, -0.05) is 22.0 Å². The Morgan fingerprint density at radius 3 is 2.84 bits per heavy atom. The van der Waals surface area contributed by atoms with Crippen molar-refractivity contribution in [2.24, 2.45) is 0 Å². The first-order chi connectivity index (χ1) is 9.16. The van der Waals surface area contributed by atoms with Crippen LogP contribution in [-0.4, -0.2) is 9.91 Å². The number of nitro groups is 1. The zero-order valence-corrected chi connectivity index (χ0v) is 11.6. The van der Waals surface area contributed by atoms with Gasteiger partial charge in [0.2, 0.25) is 0 Å². The molecule has 2 rings (SSSR count). The van der Waals surface area contributed by atoms with E-state index < -0.39 is 0 Å². The third kappa shape index (κ3) is 3.84. The lowest BCUT2D eigenvalue weighted by atomic mass is 10.2. The Kier molecular flexibility index (Phi) is 4.59. The molecular formula is C13H12BrN3O2. The van der Waals surface area contributed by atoms with Gasteiger partial charge in [0.25, 0.3) is 5.69 Å². The molecule has 0 unspecified atom stereocenters. The molecule has 1 aromatic heterocycles. The van der Waals surface area contributed by atoms with E-state index in [1.165, 1.54) is 6.07 Å². The van der Waals surface area contributed by atoms with Crippen LogP contribution in [0.1, 0.15) is 11.1 Å². The predicted octanol–water partition coefficient (Wildman–Crippen LogP) is 3.04. The number of halogens is 1. The summed E-state index contributed by atoms with van der Waals surface area (Å²) in [7, 11) is 0. The average molecular weight is 322 g/mol. The molecule has 0 spiro atoms. The minimum Gasteiger partial charge on any atom is -0.308 e. The molecule has 5 nitrogen and oxygen atoms in total. The molecule has 0 bridgehead atoms. The minimum atomic E-state index is -0.369. The van der Waals surface area contributed by atoms with Gasteiger partial charge in [0.15, 0.2) is 0 Å². The Morgan fingerprint density at radius 1 is 1.32 bits per heavy atom. The zero-order valence-electron chi connectivity index (χ0n) is 10.0. The van der Waals surface area contributed by atoms with Crippen LogP contribution in [0, 0.1) is 10.1 Å². The number of hydrogen-bond acceptors (Lipinski definition) is 4. The summed E-state index contributed by atoms with van der Waals surface area (Å²) < 4.78 is 0.704. The van der Waals surface area contributed by atoms with Crippen molar-refractivity contribution in [2.75, 3.05) is 0 Å². The molecule has 0 atom stereocenters. The molecule has 19 heavy (non-hydrogen) atoms. The number of nitrogens with one attached hydrogen (secondary N) is 1. The van der Waals surface area contributed by atoms with Gasteiger partial charge in [-0.25, -0.2) is 0 Å². The smallest absolute Gasteiger partial charge is 0.275 e. The SMILES string of the molecule is O=[N+]([O-])c1cc(Br)ccc1CNCc1cccnc1. The maximum absolute atomic E-state index is 11.0. The molecule has 1 aromatic carbocycles. The van der Waals surface area contributed by atoms with E-state index in [1.807, 2.05) is 12.1 Å². The van der Waals surface area contributed by atoms with Gasteiger partial charge < -0.3 is 5.32 Å². The summed E-state index contributed by atoms with van der Waals surface area (Å²) in [6, 6.07) is 8.88. The second-order valence-corrected chi connectivity index (χ2v) is 4.91. The quantitative estimate of drug-likeness (QED) is 0.679. The lowest BCUT2D eigenvalue weighted by Crippen LogP contribution is -2.13. The fraction of sp³-hybridized carbons (Fsp3) is 0.154. The Morgan fingerprint density at radius 2 is 2.16 bits per heavy atom. The van der Waals surface area contributed by atoms with E-state index in [9.17, 15) is 10.1 Å². The highest BCUT2D eigenvalue weighted by molar-refractivity contribution is 9.10. The van der Waals surface area contributed by atoms with Crippen LogP contribution >= 0.6 is 15.9 Å². The Bertz CT molecular complexity index is 575. The molecule has 0 radical (unpaired) electrons. The first kappa shape index (κ1) is 13.6. The monoisotopic (exact) mass is 321 g/mol. The van der Waals surface area contributed by atoms with E-state index in [4.69, 9.17) is 0 Å². The van der Waals surface area contributed by atoms with Crippen molar-refractivity contribution in [2.45, 2.75) is 13.1 Å². The van der Waals surface area contributed by atoms with E-state index in [2.05, 4.69) is 26.2 Å². The number of nitro benzene ring substituents is 1. The van der Waals surface area contributed by atoms with Crippen LogP contribution < -0.4 is 5.32 Å². The fourth-order valence-electron chi connectivity index (χ4n) is 1.70.